The number of hydrogen-bond acceptors (Lipinski definition) is 7. The zero-order valence-electron chi connectivity index (χ0n) is 16.1. The molecule has 2 atom stereocenters. The van der Waals surface area contributed by atoms with E-state index in [1.54, 1.807) is 10.6 Å². The lowest BCUT2D eigenvalue weighted by Crippen LogP contribution is -2.47. The number of nitro groups is 1. The molecule has 1 amide bonds. The number of primary amides is 1. The SMILES string of the molecule is NC(=O)c1cnn2cccc2c1NC1CC2CCC(C1)N2c1ccc([N+](=O)[O-])cn1. The van der Waals surface area contributed by atoms with E-state index in [0.717, 1.165) is 37.0 Å². The highest BCUT2D eigenvalue weighted by Crippen LogP contribution is 2.40. The van der Waals surface area contributed by atoms with Crippen molar-refractivity contribution in [3.05, 3.63) is 58.5 Å². The van der Waals surface area contributed by atoms with Crippen molar-refractivity contribution in [1.82, 2.24) is 14.6 Å². The van der Waals surface area contributed by atoms with Gasteiger partial charge in [0.15, 0.2) is 0 Å². The number of carbonyl (C=O) groups is 1. The molecule has 2 saturated heterocycles. The number of nitrogens with zero attached hydrogens (tertiary/aromatic N) is 5. The van der Waals surface area contributed by atoms with Gasteiger partial charge < -0.3 is 16.0 Å². The first-order chi connectivity index (χ1) is 14.5. The van der Waals surface area contributed by atoms with Gasteiger partial charge in [0.1, 0.15) is 12.0 Å². The van der Waals surface area contributed by atoms with Gasteiger partial charge in [-0.25, -0.2) is 9.50 Å². The van der Waals surface area contributed by atoms with E-state index in [4.69, 9.17) is 5.73 Å². The minimum absolute atomic E-state index is 0.00414. The third kappa shape index (κ3) is 3.00. The highest BCUT2D eigenvalue weighted by Gasteiger charge is 2.41. The van der Waals surface area contributed by atoms with Gasteiger partial charge in [-0.05, 0) is 43.9 Å². The van der Waals surface area contributed by atoms with Crippen LogP contribution in [0.25, 0.3) is 5.52 Å². The maximum absolute atomic E-state index is 12.0. The van der Waals surface area contributed by atoms with Gasteiger partial charge in [-0.2, -0.15) is 5.10 Å². The standard InChI is InChI=1S/C20H21N7O3/c21-20(28)16-11-23-25-7-1-2-17(25)19(16)24-12-8-13-3-4-14(9-12)26(13)18-6-5-15(10-22-18)27(29)30/h1-2,5-7,10-14,24H,3-4,8-9H2,(H2,21,28). The van der Waals surface area contributed by atoms with E-state index in [9.17, 15) is 14.9 Å². The van der Waals surface area contributed by atoms with E-state index in [2.05, 4.69) is 20.3 Å². The van der Waals surface area contributed by atoms with Crippen LogP contribution in [0.5, 0.6) is 0 Å². The second-order valence-electron chi connectivity index (χ2n) is 7.87. The number of fused-ring (bicyclic) bond motifs is 3. The number of piperidine rings is 1. The van der Waals surface area contributed by atoms with Crippen LogP contribution in [0.15, 0.2) is 42.9 Å². The monoisotopic (exact) mass is 407 g/mol. The van der Waals surface area contributed by atoms with Crippen molar-refractivity contribution >= 4 is 28.6 Å². The zero-order chi connectivity index (χ0) is 20.8. The minimum Gasteiger partial charge on any atom is -0.380 e. The van der Waals surface area contributed by atoms with Crippen LogP contribution < -0.4 is 16.0 Å². The summed E-state index contributed by atoms with van der Waals surface area (Å²) in [6.07, 6.45) is 8.49. The molecule has 10 nitrogen and oxygen atoms in total. The predicted molar refractivity (Wildman–Crippen MR) is 111 cm³/mol. The quantitative estimate of drug-likeness (QED) is 0.490. The summed E-state index contributed by atoms with van der Waals surface area (Å²) < 4.78 is 1.72. The number of amides is 1. The van der Waals surface area contributed by atoms with Crippen LogP contribution in [0.4, 0.5) is 17.2 Å². The average Bonchev–Trinajstić information content (AvgIpc) is 3.31. The largest absolute Gasteiger partial charge is 0.380 e. The van der Waals surface area contributed by atoms with Crippen LogP contribution in [0, 0.1) is 10.1 Å². The molecule has 2 bridgehead atoms. The Morgan fingerprint density at radius 2 is 1.97 bits per heavy atom. The Labute approximate surface area is 171 Å². The molecule has 0 aromatic carbocycles. The molecule has 5 rings (SSSR count). The number of pyridine rings is 1. The first kappa shape index (κ1) is 18.3. The van der Waals surface area contributed by atoms with Gasteiger partial charge in [-0.15, -0.1) is 0 Å². The Balaban J connectivity index is 1.39. The minimum atomic E-state index is -0.510. The van der Waals surface area contributed by atoms with Crippen LogP contribution in [0.3, 0.4) is 0 Å². The van der Waals surface area contributed by atoms with Gasteiger partial charge >= 0.3 is 0 Å². The maximum Gasteiger partial charge on any atom is 0.287 e. The fourth-order valence-corrected chi connectivity index (χ4v) is 4.84. The molecule has 2 aliphatic rings. The Kier molecular flexibility index (Phi) is 4.27. The van der Waals surface area contributed by atoms with Crippen molar-refractivity contribution in [2.45, 2.75) is 43.8 Å². The molecule has 2 aliphatic heterocycles. The first-order valence-corrected chi connectivity index (χ1v) is 9.92. The molecule has 5 heterocycles. The fourth-order valence-electron chi connectivity index (χ4n) is 4.84. The summed E-state index contributed by atoms with van der Waals surface area (Å²) in [4.78, 5) is 29.0. The van der Waals surface area contributed by atoms with Crippen LogP contribution >= 0.6 is 0 Å². The molecular weight excluding hydrogens is 386 g/mol. The van der Waals surface area contributed by atoms with Gasteiger partial charge in [0.05, 0.1) is 27.9 Å². The number of rotatable bonds is 5. The van der Waals surface area contributed by atoms with Crippen LogP contribution in [-0.2, 0) is 0 Å². The third-order valence-electron chi connectivity index (χ3n) is 6.12. The van der Waals surface area contributed by atoms with Crippen molar-refractivity contribution < 1.29 is 9.72 Å². The van der Waals surface area contributed by atoms with E-state index in [1.807, 2.05) is 18.3 Å². The van der Waals surface area contributed by atoms with Crippen molar-refractivity contribution in [2.75, 3.05) is 10.2 Å². The second kappa shape index (κ2) is 6.97. The summed E-state index contributed by atoms with van der Waals surface area (Å²) in [5, 5.41) is 18.7. The second-order valence-corrected chi connectivity index (χ2v) is 7.87. The highest BCUT2D eigenvalue weighted by atomic mass is 16.6. The molecule has 30 heavy (non-hydrogen) atoms. The predicted octanol–water partition coefficient (Wildman–Crippen LogP) is 2.35. The van der Waals surface area contributed by atoms with Gasteiger partial charge in [0, 0.05) is 30.4 Å². The Bertz CT molecular complexity index is 1110. The average molecular weight is 407 g/mol. The van der Waals surface area contributed by atoms with E-state index in [1.165, 1.54) is 18.5 Å². The van der Waals surface area contributed by atoms with Crippen LogP contribution in [0.1, 0.15) is 36.0 Å². The van der Waals surface area contributed by atoms with Gasteiger partial charge in [0.2, 0.25) is 0 Å². The Hall–Kier alpha value is -3.69. The first-order valence-electron chi connectivity index (χ1n) is 9.92. The molecule has 0 saturated carbocycles. The Morgan fingerprint density at radius 1 is 1.20 bits per heavy atom. The number of hydrogen-bond donors (Lipinski definition) is 2. The van der Waals surface area contributed by atoms with E-state index < -0.39 is 10.8 Å². The van der Waals surface area contributed by atoms with E-state index >= 15 is 0 Å². The van der Waals surface area contributed by atoms with Crippen LogP contribution in [0.2, 0.25) is 0 Å². The smallest absolute Gasteiger partial charge is 0.287 e. The van der Waals surface area contributed by atoms with Gasteiger partial charge in [-0.3, -0.25) is 14.9 Å². The molecular formula is C20H21N7O3. The lowest BCUT2D eigenvalue weighted by Gasteiger charge is -2.40. The summed E-state index contributed by atoms with van der Waals surface area (Å²) in [6, 6.07) is 7.78. The zero-order valence-corrected chi connectivity index (χ0v) is 16.1. The van der Waals surface area contributed by atoms with Crippen molar-refractivity contribution in [3.8, 4) is 0 Å². The molecule has 0 aliphatic carbocycles. The molecule has 2 unspecified atom stereocenters. The lowest BCUT2D eigenvalue weighted by molar-refractivity contribution is -0.385. The topological polar surface area (TPSA) is 132 Å². The lowest BCUT2D eigenvalue weighted by atomic mass is 9.96. The number of aromatic nitrogens is 3. The fraction of sp³-hybridized carbons (Fsp3) is 0.350. The molecule has 3 aromatic rings. The summed E-state index contributed by atoms with van der Waals surface area (Å²) in [7, 11) is 0. The van der Waals surface area contributed by atoms with E-state index in [0.29, 0.717) is 11.3 Å². The van der Waals surface area contributed by atoms with E-state index in [-0.39, 0.29) is 23.8 Å². The number of nitrogens with one attached hydrogen (secondary N) is 1. The van der Waals surface area contributed by atoms with Crippen molar-refractivity contribution in [3.63, 3.8) is 0 Å². The summed E-state index contributed by atoms with van der Waals surface area (Å²) in [5.41, 5.74) is 7.50. The highest BCUT2D eigenvalue weighted by molar-refractivity contribution is 6.01. The number of anilines is 2. The Morgan fingerprint density at radius 3 is 2.60 bits per heavy atom. The van der Waals surface area contributed by atoms with Crippen LogP contribution in [-0.4, -0.2) is 43.6 Å². The summed E-state index contributed by atoms with van der Waals surface area (Å²) in [5.74, 6) is 0.270. The van der Waals surface area contributed by atoms with Crippen molar-refractivity contribution in [2.24, 2.45) is 5.73 Å². The van der Waals surface area contributed by atoms with Gasteiger partial charge in [0.25, 0.3) is 11.6 Å². The maximum atomic E-state index is 12.0. The molecule has 154 valence electrons. The normalized spacial score (nSPS) is 22.9. The number of nitrogens with two attached hydrogens (primary N) is 1. The molecule has 3 N–H and O–H groups in total. The van der Waals surface area contributed by atoms with Gasteiger partial charge in [-0.1, -0.05) is 0 Å². The number of carbonyl (C=O) groups excluding carboxylic acids is 1. The third-order valence-corrected chi connectivity index (χ3v) is 6.12. The van der Waals surface area contributed by atoms with Crippen molar-refractivity contribution in [1.29, 1.82) is 0 Å². The molecule has 0 radical (unpaired) electrons. The summed E-state index contributed by atoms with van der Waals surface area (Å²) in [6.45, 7) is 0. The molecule has 10 heteroatoms. The molecule has 2 fully saturated rings. The molecule has 0 spiro atoms. The summed E-state index contributed by atoms with van der Waals surface area (Å²) >= 11 is 0. The molecule has 3 aromatic heterocycles.